The monoisotopic (exact) mass is 531 g/mol. The predicted molar refractivity (Wildman–Crippen MR) is 125 cm³/mol. The number of carbonyl (C=O) groups excluding carboxylic acids is 1. The van der Waals surface area contributed by atoms with Crippen molar-refractivity contribution in [1.29, 1.82) is 0 Å². The number of nitro benzene ring substituents is 1. The summed E-state index contributed by atoms with van der Waals surface area (Å²) in [6, 6.07) is 6.47. The molecule has 1 aromatic carbocycles. The molecule has 2 heterocycles. The molecule has 0 radical (unpaired) electrons. The summed E-state index contributed by atoms with van der Waals surface area (Å²) in [5.74, 6) is 0.887. The number of piperazine rings is 1. The van der Waals surface area contributed by atoms with Crippen LogP contribution in [0.15, 0.2) is 29.3 Å². The number of benzene rings is 1. The number of aliphatic imine (C=N–C) groups is 1. The first kappa shape index (κ1) is 24.3. The van der Waals surface area contributed by atoms with E-state index in [-0.39, 0.29) is 41.7 Å². The van der Waals surface area contributed by atoms with Crippen molar-refractivity contribution in [3.05, 3.63) is 39.9 Å². The van der Waals surface area contributed by atoms with E-state index in [9.17, 15) is 14.9 Å². The fourth-order valence-corrected chi connectivity index (χ4v) is 3.56. The van der Waals surface area contributed by atoms with Crippen LogP contribution in [0.5, 0.6) is 0 Å². The van der Waals surface area contributed by atoms with E-state index in [0.717, 1.165) is 44.1 Å². The normalized spacial score (nSPS) is 19.8. The second-order valence-electron chi connectivity index (χ2n) is 7.43. The number of amides is 1. The number of carbonyl (C=O) groups is 1. The SMILES string of the molecule is CC(=O)N1CCN(C(=NCc2ccc([N+](=O)[O-])cc2)NCC2CCCCO2)CC1.I. The number of hydrogen-bond acceptors (Lipinski definition) is 5. The van der Waals surface area contributed by atoms with Gasteiger partial charge in [0, 0.05) is 58.4 Å². The van der Waals surface area contributed by atoms with Crippen LogP contribution in [0.1, 0.15) is 31.7 Å². The molecule has 2 aliphatic heterocycles. The number of non-ortho nitro benzene ring substituents is 1. The zero-order chi connectivity index (χ0) is 20.6. The number of nitrogens with zero attached hydrogens (tertiary/aromatic N) is 4. The van der Waals surface area contributed by atoms with Crippen LogP contribution in [-0.4, -0.2) is 72.0 Å². The third-order valence-corrected chi connectivity index (χ3v) is 5.34. The van der Waals surface area contributed by atoms with Gasteiger partial charge in [0.15, 0.2) is 5.96 Å². The number of nitrogens with one attached hydrogen (secondary N) is 1. The number of rotatable bonds is 5. The van der Waals surface area contributed by atoms with Gasteiger partial charge in [-0.15, -0.1) is 24.0 Å². The third kappa shape index (κ3) is 7.08. The number of hydrogen-bond donors (Lipinski definition) is 1. The first-order chi connectivity index (χ1) is 14.0. The molecule has 2 aliphatic rings. The Bertz CT molecular complexity index is 729. The highest BCUT2D eigenvalue weighted by Crippen LogP contribution is 2.14. The average molecular weight is 531 g/mol. The van der Waals surface area contributed by atoms with Crippen LogP contribution in [0.3, 0.4) is 0 Å². The van der Waals surface area contributed by atoms with E-state index in [1.54, 1.807) is 19.1 Å². The predicted octanol–water partition coefficient (Wildman–Crippen LogP) is 2.39. The van der Waals surface area contributed by atoms with E-state index < -0.39 is 4.92 Å². The molecular formula is C20H30IN5O4. The lowest BCUT2D eigenvalue weighted by Crippen LogP contribution is -2.54. The lowest BCUT2D eigenvalue weighted by molar-refractivity contribution is -0.384. The summed E-state index contributed by atoms with van der Waals surface area (Å²) >= 11 is 0. The molecule has 1 atom stereocenters. The lowest BCUT2D eigenvalue weighted by Gasteiger charge is -2.36. The van der Waals surface area contributed by atoms with Gasteiger partial charge in [-0.25, -0.2) is 4.99 Å². The van der Waals surface area contributed by atoms with Crippen molar-refractivity contribution in [1.82, 2.24) is 15.1 Å². The van der Waals surface area contributed by atoms with E-state index >= 15 is 0 Å². The average Bonchev–Trinajstić information content (AvgIpc) is 2.75. The van der Waals surface area contributed by atoms with Crippen molar-refractivity contribution in [2.24, 2.45) is 4.99 Å². The van der Waals surface area contributed by atoms with Gasteiger partial charge in [-0.05, 0) is 24.8 Å². The summed E-state index contributed by atoms with van der Waals surface area (Å²) in [6.07, 6.45) is 3.52. The van der Waals surface area contributed by atoms with E-state index in [0.29, 0.717) is 26.2 Å². The van der Waals surface area contributed by atoms with Crippen LogP contribution in [0.2, 0.25) is 0 Å². The van der Waals surface area contributed by atoms with E-state index in [1.807, 2.05) is 4.90 Å². The molecule has 0 aromatic heterocycles. The molecule has 1 N–H and O–H groups in total. The Morgan fingerprint density at radius 2 is 1.87 bits per heavy atom. The minimum absolute atomic E-state index is 0. The highest BCUT2D eigenvalue weighted by molar-refractivity contribution is 14.0. The Labute approximate surface area is 194 Å². The van der Waals surface area contributed by atoms with Gasteiger partial charge in [-0.2, -0.15) is 0 Å². The van der Waals surface area contributed by atoms with Crippen LogP contribution in [0.25, 0.3) is 0 Å². The molecule has 3 rings (SSSR count). The summed E-state index contributed by atoms with van der Waals surface area (Å²) in [5, 5.41) is 14.3. The zero-order valence-corrected chi connectivity index (χ0v) is 19.6. The Morgan fingerprint density at radius 3 is 2.43 bits per heavy atom. The highest BCUT2D eigenvalue weighted by Gasteiger charge is 2.22. The van der Waals surface area contributed by atoms with Crippen molar-refractivity contribution in [2.45, 2.75) is 38.8 Å². The smallest absolute Gasteiger partial charge is 0.269 e. The summed E-state index contributed by atoms with van der Waals surface area (Å²) < 4.78 is 5.81. The Hall–Kier alpha value is -1.95. The molecule has 1 aromatic rings. The molecule has 2 saturated heterocycles. The van der Waals surface area contributed by atoms with Crippen LogP contribution < -0.4 is 5.32 Å². The molecule has 0 spiro atoms. The molecule has 1 amide bonds. The zero-order valence-electron chi connectivity index (χ0n) is 17.3. The number of guanidine groups is 1. The van der Waals surface area contributed by atoms with Crippen molar-refractivity contribution in [3.63, 3.8) is 0 Å². The number of nitro groups is 1. The molecular weight excluding hydrogens is 501 g/mol. The van der Waals surface area contributed by atoms with E-state index in [4.69, 9.17) is 9.73 Å². The molecule has 0 bridgehead atoms. The molecule has 2 fully saturated rings. The maximum atomic E-state index is 11.6. The molecule has 9 nitrogen and oxygen atoms in total. The van der Waals surface area contributed by atoms with Gasteiger partial charge in [0.2, 0.25) is 5.91 Å². The van der Waals surface area contributed by atoms with Crippen molar-refractivity contribution in [2.75, 3.05) is 39.3 Å². The topological polar surface area (TPSA) is 100 Å². The summed E-state index contributed by atoms with van der Waals surface area (Å²) in [5.41, 5.74) is 0.983. The minimum atomic E-state index is -0.404. The van der Waals surface area contributed by atoms with Crippen LogP contribution in [0.4, 0.5) is 5.69 Å². The lowest BCUT2D eigenvalue weighted by atomic mass is 10.1. The van der Waals surface area contributed by atoms with E-state index in [1.165, 1.54) is 18.6 Å². The first-order valence-corrected chi connectivity index (χ1v) is 10.2. The van der Waals surface area contributed by atoms with Crippen LogP contribution >= 0.6 is 24.0 Å². The second-order valence-corrected chi connectivity index (χ2v) is 7.43. The summed E-state index contributed by atoms with van der Waals surface area (Å²) in [7, 11) is 0. The maximum absolute atomic E-state index is 11.6. The first-order valence-electron chi connectivity index (χ1n) is 10.2. The molecule has 0 saturated carbocycles. The quantitative estimate of drug-likeness (QED) is 0.206. The van der Waals surface area contributed by atoms with Crippen LogP contribution in [-0.2, 0) is 16.1 Å². The number of ether oxygens (including phenoxy) is 1. The van der Waals surface area contributed by atoms with Gasteiger partial charge >= 0.3 is 0 Å². The summed E-state index contributed by atoms with van der Waals surface area (Å²) in [6.45, 7) is 6.32. The van der Waals surface area contributed by atoms with Gasteiger partial charge in [0.1, 0.15) is 0 Å². The third-order valence-electron chi connectivity index (χ3n) is 5.34. The maximum Gasteiger partial charge on any atom is 0.269 e. The summed E-state index contributed by atoms with van der Waals surface area (Å²) in [4.78, 5) is 30.8. The molecule has 0 aliphatic carbocycles. The molecule has 10 heteroatoms. The van der Waals surface area contributed by atoms with Gasteiger partial charge in [-0.1, -0.05) is 12.1 Å². The van der Waals surface area contributed by atoms with Crippen molar-refractivity contribution >= 4 is 41.5 Å². The fourth-order valence-electron chi connectivity index (χ4n) is 3.56. The molecule has 166 valence electrons. The largest absolute Gasteiger partial charge is 0.376 e. The van der Waals surface area contributed by atoms with Gasteiger partial charge in [-0.3, -0.25) is 14.9 Å². The minimum Gasteiger partial charge on any atom is -0.376 e. The fraction of sp³-hybridized carbons (Fsp3) is 0.600. The van der Waals surface area contributed by atoms with Crippen LogP contribution in [0, 0.1) is 10.1 Å². The van der Waals surface area contributed by atoms with Gasteiger partial charge in [0.25, 0.3) is 5.69 Å². The highest BCUT2D eigenvalue weighted by atomic mass is 127. The van der Waals surface area contributed by atoms with Crippen molar-refractivity contribution in [3.8, 4) is 0 Å². The Balaban J connectivity index is 0.00000320. The van der Waals surface area contributed by atoms with Crippen molar-refractivity contribution < 1.29 is 14.5 Å². The standard InChI is InChI=1S/C20H29N5O4.HI/c1-16(26)23-9-11-24(12-10-23)20(22-15-19-4-2-3-13-29-19)21-14-17-5-7-18(8-6-17)25(27)28;/h5-8,19H,2-4,9-15H2,1H3,(H,21,22);1H. The number of halogens is 1. The Kier molecular flexibility index (Phi) is 9.76. The van der Waals surface area contributed by atoms with Gasteiger partial charge < -0.3 is 19.9 Å². The second kappa shape index (κ2) is 12.0. The Morgan fingerprint density at radius 1 is 1.20 bits per heavy atom. The molecule has 30 heavy (non-hydrogen) atoms. The van der Waals surface area contributed by atoms with Gasteiger partial charge in [0.05, 0.1) is 17.6 Å². The van der Waals surface area contributed by atoms with E-state index in [2.05, 4.69) is 10.2 Å². The molecule has 1 unspecified atom stereocenters.